The highest BCUT2D eigenvalue weighted by Crippen LogP contribution is 2.30. The summed E-state index contributed by atoms with van der Waals surface area (Å²) in [5.74, 6) is 0.615. The molecule has 0 bridgehead atoms. The van der Waals surface area contributed by atoms with Crippen LogP contribution in [0.15, 0.2) is 54.9 Å². The van der Waals surface area contributed by atoms with Crippen molar-refractivity contribution in [2.24, 2.45) is 5.92 Å². The number of rotatable bonds is 5. The Kier molecular flexibility index (Phi) is 6.55. The zero-order chi connectivity index (χ0) is 24.4. The van der Waals surface area contributed by atoms with Crippen LogP contribution >= 0.6 is 0 Å². The number of imidazole rings is 1. The van der Waals surface area contributed by atoms with Gasteiger partial charge in [0.1, 0.15) is 11.9 Å². The number of carbonyl (C=O) groups is 2. The maximum atomic E-state index is 13.2. The van der Waals surface area contributed by atoms with Crippen LogP contribution in [0.2, 0.25) is 0 Å². The molecule has 8 nitrogen and oxygen atoms in total. The molecule has 1 saturated heterocycles. The first-order valence-corrected chi connectivity index (χ1v) is 12.0. The van der Waals surface area contributed by atoms with Gasteiger partial charge in [0, 0.05) is 24.7 Å². The molecule has 35 heavy (non-hydrogen) atoms. The van der Waals surface area contributed by atoms with Crippen molar-refractivity contribution in [1.29, 1.82) is 0 Å². The highest BCUT2D eigenvalue weighted by molar-refractivity contribution is 5.95. The number of aryl methyl sites for hydroxylation is 1. The molecule has 2 aliphatic rings. The molecule has 0 radical (unpaired) electrons. The lowest BCUT2D eigenvalue weighted by Crippen LogP contribution is -2.42. The summed E-state index contributed by atoms with van der Waals surface area (Å²) >= 11 is 0. The van der Waals surface area contributed by atoms with E-state index in [1.807, 2.05) is 60.0 Å². The Balaban J connectivity index is 1.18. The Bertz CT molecular complexity index is 1210. The van der Waals surface area contributed by atoms with Crippen molar-refractivity contribution < 1.29 is 19.1 Å². The van der Waals surface area contributed by atoms with Gasteiger partial charge in [-0.05, 0) is 55.2 Å². The van der Waals surface area contributed by atoms with Crippen LogP contribution in [0.25, 0.3) is 0 Å². The average Bonchev–Trinajstić information content (AvgIpc) is 3.32. The highest BCUT2D eigenvalue weighted by Gasteiger charge is 2.32. The Morgan fingerprint density at radius 3 is 2.60 bits per heavy atom. The molecule has 182 valence electrons. The van der Waals surface area contributed by atoms with Gasteiger partial charge in [0.25, 0.3) is 5.91 Å². The van der Waals surface area contributed by atoms with Crippen molar-refractivity contribution >= 4 is 17.5 Å². The summed E-state index contributed by atoms with van der Waals surface area (Å²) in [6.45, 7) is 3.99. The van der Waals surface area contributed by atoms with E-state index >= 15 is 0 Å². The highest BCUT2D eigenvalue weighted by atomic mass is 16.5. The topological polar surface area (TPSA) is 85.7 Å². The smallest absolute Gasteiger partial charge is 0.274 e. The zero-order valence-corrected chi connectivity index (χ0v) is 20.1. The first-order valence-electron chi connectivity index (χ1n) is 12.0. The summed E-state index contributed by atoms with van der Waals surface area (Å²) in [5.41, 5.74) is 4.22. The van der Waals surface area contributed by atoms with Gasteiger partial charge in [-0.15, -0.1) is 0 Å². The molecule has 0 spiro atoms. The lowest BCUT2D eigenvalue weighted by molar-refractivity contribution is -0.121. The van der Waals surface area contributed by atoms with Crippen LogP contribution in [-0.4, -0.2) is 46.5 Å². The molecule has 2 aromatic carbocycles. The van der Waals surface area contributed by atoms with Crippen molar-refractivity contribution in [3.8, 4) is 5.75 Å². The van der Waals surface area contributed by atoms with E-state index < -0.39 is 0 Å². The zero-order valence-electron chi connectivity index (χ0n) is 20.1. The quantitative estimate of drug-likeness (QED) is 0.605. The summed E-state index contributed by atoms with van der Waals surface area (Å²) in [6.07, 6.45) is 2.89. The van der Waals surface area contributed by atoms with E-state index in [0.29, 0.717) is 44.8 Å². The van der Waals surface area contributed by atoms with E-state index in [1.165, 1.54) is 0 Å². The number of fused-ring (bicyclic) bond motifs is 1. The normalized spacial score (nSPS) is 18.1. The predicted octanol–water partition coefficient (Wildman–Crippen LogP) is 3.96. The molecule has 2 amide bonds. The minimum atomic E-state index is -0.107. The molecule has 3 heterocycles. The fraction of sp³-hybridized carbons (Fsp3) is 0.370. The van der Waals surface area contributed by atoms with Crippen molar-refractivity contribution in [3.05, 3.63) is 77.4 Å². The summed E-state index contributed by atoms with van der Waals surface area (Å²) in [7, 11) is 1.64. The molecule has 8 heteroatoms. The number of anilines is 1. The van der Waals surface area contributed by atoms with Gasteiger partial charge < -0.3 is 24.3 Å². The van der Waals surface area contributed by atoms with Crippen LogP contribution in [-0.2, 0) is 22.7 Å². The number of nitrogens with one attached hydrogen (secondary N) is 1. The molecule has 3 aromatic rings. The van der Waals surface area contributed by atoms with Gasteiger partial charge in [0.05, 0.1) is 32.3 Å². The number of ether oxygens (including phenoxy) is 2. The first-order chi connectivity index (χ1) is 17.0. The molecule has 0 aliphatic carbocycles. The summed E-state index contributed by atoms with van der Waals surface area (Å²) in [6, 6.07) is 15.6. The van der Waals surface area contributed by atoms with Gasteiger partial charge in [0.2, 0.25) is 5.91 Å². The largest absolute Gasteiger partial charge is 0.497 e. The second-order valence-electron chi connectivity index (χ2n) is 9.19. The monoisotopic (exact) mass is 474 g/mol. The Morgan fingerprint density at radius 1 is 1.11 bits per heavy atom. The molecule has 0 unspecified atom stereocenters. The van der Waals surface area contributed by atoms with E-state index in [-0.39, 0.29) is 23.8 Å². The number of hydrogen-bond acceptors (Lipinski definition) is 5. The van der Waals surface area contributed by atoms with Gasteiger partial charge in [-0.3, -0.25) is 9.59 Å². The lowest BCUT2D eigenvalue weighted by Gasteiger charge is -2.31. The van der Waals surface area contributed by atoms with Crippen molar-refractivity contribution in [2.75, 3.05) is 25.5 Å². The molecule has 1 N–H and O–H groups in total. The van der Waals surface area contributed by atoms with Crippen LogP contribution in [0.3, 0.4) is 0 Å². The van der Waals surface area contributed by atoms with Crippen LogP contribution < -0.4 is 10.1 Å². The number of benzene rings is 2. The second-order valence-corrected chi connectivity index (χ2v) is 9.19. The van der Waals surface area contributed by atoms with Crippen LogP contribution in [0, 0.1) is 12.8 Å². The van der Waals surface area contributed by atoms with E-state index in [2.05, 4.69) is 10.3 Å². The third kappa shape index (κ3) is 4.93. The molecule has 2 aliphatic heterocycles. The maximum absolute atomic E-state index is 13.2. The standard InChI is InChI=1S/C27H30N4O4/c1-18-4-3-5-21(14-18)29-26(32)20-10-12-30(13-11-20)27(33)25-23-16-35-24(15-31(23)17-28-25)19-6-8-22(34-2)9-7-19/h3-9,14,17,20,24H,10-13,15-16H2,1-2H3,(H,29,32)/t24-/m0/s1. The average molecular weight is 475 g/mol. The summed E-state index contributed by atoms with van der Waals surface area (Å²) < 4.78 is 13.3. The molecular formula is C27H30N4O4. The molecule has 1 fully saturated rings. The fourth-order valence-electron chi connectivity index (χ4n) is 4.79. The van der Waals surface area contributed by atoms with Crippen LogP contribution in [0.1, 0.15) is 46.3 Å². The van der Waals surface area contributed by atoms with Crippen molar-refractivity contribution in [2.45, 2.75) is 39.0 Å². The van der Waals surface area contributed by atoms with Gasteiger partial charge in [-0.1, -0.05) is 24.3 Å². The molecular weight excluding hydrogens is 444 g/mol. The summed E-state index contributed by atoms with van der Waals surface area (Å²) in [5, 5.41) is 3.01. The molecule has 5 rings (SSSR count). The van der Waals surface area contributed by atoms with Crippen LogP contribution in [0.4, 0.5) is 5.69 Å². The Morgan fingerprint density at radius 2 is 1.89 bits per heavy atom. The van der Waals surface area contributed by atoms with E-state index in [0.717, 1.165) is 28.3 Å². The lowest BCUT2D eigenvalue weighted by atomic mass is 9.95. The number of carbonyl (C=O) groups excluding carboxylic acids is 2. The number of amides is 2. The fourth-order valence-corrected chi connectivity index (χ4v) is 4.79. The second kappa shape index (κ2) is 9.92. The molecule has 1 aromatic heterocycles. The number of methoxy groups -OCH3 is 1. The van der Waals surface area contributed by atoms with E-state index in [4.69, 9.17) is 9.47 Å². The third-order valence-corrected chi connectivity index (χ3v) is 6.86. The minimum Gasteiger partial charge on any atom is -0.497 e. The van der Waals surface area contributed by atoms with E-state index in [9.17, 15) is 9.59 Å². The number of aromatic nitrogens is 2. The summed E-state index contributed by atoms with van der Waals surface area (Å²) in [4.78, 5) is 32.2. The third-order valence-electron chi connectivity index (χ3n) is 6.86. The Labute approximate surface area is 204 Å². The van der Waals surface area contributed by atoms with Gasteiger partial charge >= 0.3 is 0 Å². The first kappa shape index (κ1) is 23.1. The molecule has 1 atom stereocenters. The Hall–Kier alpha value is -3.65. The number of piperidine rings is 1. The maximum Gasteiger partial charge on any atom is 0.274 e. The number of likely N-dealkylation sites (tertiary alicyclic amines) is 1. The van der Waals surface area contributed by atoms with Crippen molar-refractivity contribution in [3.63, 3.8) is 0 Å². The molecule has 0 saturated carbocycles. The van der Waals surface area contributed by atoms with E-state index in [1.54, 1.807) is 18.3 Å². The minimum absolute atomic E-state index is 0.0139. The predicted molar refractivity (Wildman–Crippen MR) is 131 cm³/mol. The van der Waals surface area contributed by atoms with Gasteiger partial charge in [0.15, 0.2) is 5.69 Å². The van der Waals surface area contributed by atoms with Crippen molar-refractivity contribution in [1.82, 2.24) is 14.5 Å². The number of nitrogens with zero attached hydrogens (tertiary/aromatic N) is 3. The SMILES string of the molecule is COc1ccc([C@@H]2Cn3cnc(C(=O)N4CCC(C(=O)Nc5cccc(C)c5)CC4)c3CO2)cc1. The number of hydrogen-bond donors (Lipinski definition) is 1. The van der Waals surface area contributed by atoms with Gasteiger partial charge in [-0.2, -0.15) is 0 Å². The van der Waals surface area contributed by atoms with Crippen LogP contribution in [0.5, 0.6) is 5.75 Å². The van der Waals surface area contributed by atoms with Gasteiger partial charge in [-0.25, -0.2) is 4.98 Å².